The smallest absolute Gasteiger partial charge is 0.0717 e. The molecule has 11 rings (SSSR count). The molecule has 79 heavy (non-hydrogen) atoms. The molecule has 0 radical (unpaired) electrons. The van der Waals surface area contributed by atoms with Crippen molar-refractivity contribution in [1.29, 1.82) is 10.5 Å². The zero-order valence-corrected chi connectivity index (χ0v) is 66.1. The number of hydrogen-bond donors (Lipinski definition) is 0. The van der Waals surface area contributed by atoms with E-state index in [-0.39, 0.29) is 0 Å². The summed E-state index contributed by atoms with van der Waals surface area (Å²) < 4.78 is 32.7. The van der Waals surface area contributed by atoms with E-state index >= 15 is 0 Å². The van der Waals surface area contributed by atoms with Crippen molar-refractivity contribution in [2.75, 3.05) is 80.5 Å². The molecule has 0 aromatic carbocycles. The number of nitrogens with zero attached hydrogens (tertiary/aromatic N) is 2. The van der Waals surface area contributed by atoms with Crippen LogP contribution in [-0.4, -0.2) is 80.5 Å². The minimum Gasteiger partial charge on any atom is -0.198 e. The molecule has 0 aromatic heterocycles. The molecule has 0 saturated carbocycles. The molecule has 0 atom stereocenters. The Labute approximate surface area is 595 Å². The average molecular weight is 1600 g/mol. The summed E-state index contributed by atoms with van der Waals surface area (Å²) in [4.78, 5) is 2.84. The van der Waals surface area contributed by atoms with Crippen LogP contribution in [0.2, 0.25) is 0 Å². The Bertz CT molecular complexity index is 2830. The second-order valence-electron chi connectivity index (χ2n) is 15.8. The number of allylic oxidation sites excluding steroid dienone is 2. The van der Waals surface area contributed by atoms with Gasteiger partial charge in [0.15, 0.2) is 0 Å². The van der Waals surface area contributed by atoms with Crippen LogP contribution >= 0.6 is 353 Å². The van der Waals surface area contributed by atoms with Crippen LogP contribution in [0.5, 0.6) is 0 Å². The third-order valence-corrected chi connectivity index (χ3v) is 54.9. The highest BCUT2D eigenvalue weighted by atomic mass is 32.3. The van der Waals surface area contributed by atoms with Crippen molar-refractivity contribution < 1.29 is 0 Å². The Morgan fingerprint density at radius 2 is 0.456 bits per heavy atom. The van der Waals surface area contributed by atoms with Gasteiger partial charge in [-0.05, 0) is 77.4 Å². The van der Waals surface area contributed by atoms with E-state index in [4.69, 9.17) is 0 Å². The quantitative estimate of drug-likeness (QED) is 0.0861. The van der Waals surface area contributed by atoms with Crippen LogP contribution in [0.3, 0.4) is 0 Å². The Balaban J connectivity index is 0.690. The van der Waals surface area contributed by atoms with Crippen molar-refractivity contribution >= 4 is 353 Å². The van der Waals surface area contributed by atoms with Gasteiger partial charge in [0.2, 0.25) is 0 Å². The normalized spacial score (nSPS) is 22.8. The molecular weight excluding hydrogens is 1550 g/mol. The van der Waals surface area contributed by atoms with Gasteiger partial charge in [-0.25, -0.2) is 0 Å². The van der Waals surface area contributed by atoms with E-state index in [1.54, 1.807) is 0 Å². The lowest BCUT2D eigenvalue weighted by atomic mass is 10.6. The lowest BCUT2D eigenvalue weighted by Gasteiger charge is -2.08. The topological polar surface area (TPSA) is 47.6 Å². The lowest BCUT2D eigenvalue weighted by molar-refractivity contribution is 1.13. The maximum absolute atomic E-state index is 9.32. The monoisotopic (exact) mass is 1600 g/mol. The van der Waals surface area contributed by atoms with Gasteiger partial charge >= 0.3 is 0 Å². The number of rotatable bonds is 24. The van der Waals surface area contributed by atoms with E-state index in [0.29, 0.717) is 12.8 Å². The van der Waals surface area contributed by atoms with Gasteiger partial charge in [0, 0.05) is 58.9 Å². The summed E-state index contributed by atoms with van der Waals surface area (Å²) in [5.74, 6) is 15.8. The first-order chi connectivity index (χ1) is 38.8. The molecule has 0 fully saturated rings. The van der Waals surface area contributed by atoms with Gasteiger partial charge < -0.3 is 0 Å². The third kappa shape index (κ3) is 19.0. The van der Waals surface area contributed by atoms with Gasteiger partial charge in [0.25, 0.3) is 0 Å². The Hall–Kier alpha value is 6.36. The van der Waals surface area contributed by atoms with Crippen molar-refractivity contribution in [3.63, 3.8) is 0 Å². The lowest BCUT2D eigenvalue weighted by Crippen LogP contribution is -1.88. The maximum atomic E-state index is 9.32. The highest BCUT2D eigenvalue weighted by Gasteiger charge is 2.36. The van der Waals surface area contributed by atoms with Gasteiger partial charge in [-0.3, -0.25) is 0 Å². The molecule has 11 heterocycles. The molecule has 11 aliphatic heterocycles. The minimum atomic E-state index is 0.592. The summed E-state index contributed by atoms with van der Waals surface area (Å²) in [7, 11) is 0. The van der Waals surface area contributed by atoms with E-state index in [1.165, 1.54) is 157 Å². The molecule has 2 nitrogen and oxygen atoms in total. The molecule has 0 unspecified atom stereocenters. The standard InChI is InChI=1S/C47H44N2S30/c1-24-25(2)65-40(64-24)41-66-26(50-10-3-8-48)28(67-41)52-12-5-14-54-30-32(72-43(70-30)46-76-36-37(77-46)61-21-20-60-36)56-16-7-17-57-33-31(71-44(73-33)47-78-38-39(79-47)63-23-22-62-38)55-15-6-13-53-29-27(51-11-4-9-49)68-42(69-29)45-74-34-35(75-45)59-19-18-58-34/h3-7,10-23H2,1-2H3. The van der Waals surface area contributed by atoms with Gasteiger partial charge in [0.05, 0.1) is 105 Å². The molecule has 0 aromatic rings. The maximum Gasteiger partial charge on any atom is 0.0717 e. The first-order valence-corrected chi connectivity index (χ1v) is 50.9. The first kappa shape index (κ1) is 66.8. The molecule has 0 bridgehead atoms. The zero-order valence-electron chi connectivity index (χ0n) is 41.6. The fourth-order valence-corrected chi connectivity index (χ4v) is 52.0. The average Bonchev–Trinajstić information content (AvgIpc) is 4.39. The number of thioether (sulfide) groups is 30. The first-order valence-electron chi connectivity index (χ1n) is 24.1. The predicted molar refractivity (Wildman–Crippen MR) is 426 cm³/mol. The largest absolute Gasteiger partial charge is 0.198 e. The summed E-state index contributed by atoms with van der Waals surface area (Å²) in [6.45, 7) is 4.48. The molecule has 0 spiro atoms. The summed E-state index contributed by atoms with van der Waals surface area (Å²) >= 11 is 60.6. The van der Waals surface area contributed by atoms with Crippen LogP contribution in [0, 0.1) is 22.7 Å². The zero-order chi connectivity index (χ0) is 53.9. The fraction of sp³-hybridized carbons (Fsp3) is 0.447. The van der Waals surface area contributed by atoms with Gasteiger partial charge in [-0.15, -0.1) is 165 Å². The third-order valence-electron chi connectivity index (χ3n) is 10.2. The second kappa shape index (κ2) is 35.0. The van der Waals surface area contributed by atoms with Crippen molar-refractivity contribution in [3.05, 3.63) is 103 Å². The van der Waals surface area contributed by atoms with Crippen LogP contribution in [-0.2, 0) is 0 Å². The number of hydrogen-bond acceptors (Lipinski definition) is 32. The Morgan fingerprint density at radius 1 is 0.266 bits per heavy atom. The van der Waals surface area contributed by atoms with E-state index < -0.39 is 0 Å². The summed E-state index contributed by atoms with van der Waals surface area (Å²) in [6, 6.07) is 4.72. The molecule has 0 N–H and O–H groups in total. The highest BCUT2D eigenvalue weighted by Crippen LogP contribution is 2.71. The second-order valence-corrected chi connectivity index (χ2v) is 53.7. The van der Waals surface area contributed by atoms with E-state index in [0.717, 1.165) is 46.0 Å². The molecular formula is C47H44N2S30. The molecule has 0 saturated heterocycles. The van der Waals surface area contributed by atoms with E-state index in [2.05, 4.69) is 167 Å². The summed E-state index contributed by atoms with van der Waals surface area (Å²) in [5, 5.41) is 18.6. The van der Waals surface area contributed by atoms with Crippen LogP contribution < -0.4 is 0 Å². The van der Waals surface area contributed by atoms with Crippen molar-refractivity contribution in [1.82, 2.24) is 0 Å². The predicted octanol–water partition coefficient (Wildman–Crippen LogP) is 26.8. The van der Waals surface area contributed by atoms with Gasteiger partial charge in [0.1, 0.15) is 0 Å². The molecule has 0 amide bonds. The highest BCUT2D eigenvalue weighted by molar-refractivity contribution is 8.48. The van der Waals surface area contributed by atoms with Crippen molar-refractivity contribution in [3.8, 4) is 12.1 Å². The van der Waals surface area contributed by atoms with Crippen LogP contribution in [0.4, 0.5) is 0 Å². The Morgan fingerprint density at radius 3 is 0.671 bits per heavy atom. The van der Waals surface area contributed by atoms with Gasteiger partial charge in [-0.2, -0.15) is 10.5 Å². The Kier molecular flexibility index (Phi) is 29.6. The van der Waals surface area contributed by atoms with E-state index in [1.807, 2.05) is 212 Å². The summed E-state index contributed by atoms with van der Waals surface area (Å²) in [5.41, 5.74) is 0. The van der Waals surface area contributed by atoms with Crippen LogP contribution in [0.15, 0.2) is 103 Å². The SMILES string of the molecule is CC1=C(C)SC(=C2SC(SCCC#N)=C(SCCCSC3=C(SCCCSC4=C(SCCCSC5=C(SCCC#N)SC(=C6SC7=C(SCCS7)S6)S5)SC(=C5SC6=C(SCCS6)S5)S4)SC(=C4SC5=C(SCCS5)S4)S3)S2)S1. The van der Waals surface area contributed by atoms with Gasteiger partial charge in [-0.1, -0.05) is 188 Å². The van der Waals surface area contributed by atoms with Crippen LogP contribution in [0.25, 0.3) is 0 Å². The molecule has 11 aliphatic rings. The van der Waals surface area contributed by atoms with Crippen molar-refractivity contribution in [2.24, 2.45) is 0 Å². The minimum absolute atomic E-state index is 0.592. The molecule has 422 valence electrons. The van der Waals surface area contributed by atoms with Crippen LogP contribution in [0.1, 0.15) is 46.0 Å². The van der Waals surface area contributed by atoms with Crippen molar-refractivity contribution in [2.45, 2.75) is 46.0 Å². The molecule has 32 heteroatoms. The number of nitriles is 2. The molecule has 0 aliphatic carbocycles. The fourth-order valence-electron chi connectivity index (χ4n) is 6.61. The summed E-state index contributed by atoms with van der Waals surface area (Å²) in [6.07, 6.45) is 4.72. The van der Waals surface area contributed by atoms with E-state index in [9.17, 15) is 10.5 Å².